The second-order valence-corrected chi connectivity index (χ2v) is 8.93. The van der Waals surface area contributed by atoms with E-state index in [-0.39, 0.29) is 12.2 Å². The summed E-state index contributed by atoms with van der Waals surface area (Å²) in [5.74, 6) is -0.537. The van der Waals surface area contributed by atoms with Gasteiger partial charge in [-0.1, -0.05) is 54.1 Å². The second-order valence-electron chi connectivity index (χ2n) is 8.49. The maximum Gasteiger partial charge on any atom is 0.335 e. The molecular weight excluding hydrogens is 504 g/mol. The lowest BCUT2D eigenvalue weighted by Gasteiger charge is -2.26. The van der Waals surface area contributed by atoms with Crippen molar-refractivity contribution in [1.29, 1.82) is 0 Å². The van der Waals surface area contributed by atoms with Crippen LogP contribution in [0.5, 0.6) is 11.5 Å². The molecule has 1 saturated heterocycles. The number of carbonyl (C=O) groups excluding carboxylic acids is 3. The van der Waals surface area contributed by atoms with Gasteiger partial charge in [-0.3, -0.25) is 14.9 Å². The standard InChI is InChI=1S/C30H23ClN2O5/c1-2-37-24-13-11-23(12-14-24)33-29(35)26(28(34)32-30(33)36)17-21-16-22(31)10-15-27(21)38-18-20-8-5-7-19-6-3-4-9-25(19)20/h3-17H,2,18H2,1H3,(H,32,34,36)/b26-17+. The van der Waals surface area contributed by atoms with E-state index >= 15 is 0 Å². The van der Waals surface area contributed by atoms with E-state index in [9.17, 15) is 14.4 Å². The Hall–Kier alpha value is -4.62. The average Bonchev–Trinajstić information content (AvgIpc) is 2.91. The smallest absolute Gasteiger partial charge is 0.335 e. The van der Waals surface area contributed by atoms with Crippen LogP contribution in [-0.2, 0) is 16.2 Å². The van der Waals surface area contributed by atoms with Crippen LogP contribution in [0, 0.1) is 0 Å². The van der Waals surface area contributed by atoms with Gasteiger partial charge >= 0.3 is 6.03 Å². The number of fused-ring (bicyclic) bond motifs is 1. The normalized spacial score (nSPS) is 14.6. The van der Waals surface area contributed by atoms with Gasteiger partial charge in [0.05, 0.1) is 12.3 Å². The molecule has 0 aromatic heterocycles. The van der Waals surface area contributed by atoms with E-state index in [0.717, 1.165) is 21.2 Å². The average molecular weight is 527 g/mol. The molecule has 0 unspecified atom stereocenters. The number of amides is 4. The van der Waals surface area contributed by atoms with Crippen molar-refractivity contribution in [2.75, 3.05) is 11.5 Å². The van der Waals surface area contributed by atoms with Crippen molar-refractivity contribution < 1.29 is 23.9 Å². The summed E-state index contributed by atoms with van der Waals surface area (Å²) in [7, 11) is 0. The van der Waals surface area contributed by atoms with E-state index in [4.69, 9.17) is 21.1 Å². The number of hydrogen-bond acceptors (Lipinski definition) is 5. The summed E-state index contributed by atoms with van der Waals surface area (Å²) in [4.78, 5) is 39.6. The molecule has 0 radical (unpaired) electrons. The zero-order valence-corrected chi connectivity index (χ0v) is 21.2. The molecule has 0 saturated carbocycles. The molecule has 0 bridgehead atoms. The van der Waals surface area contributed by atoms with Gasteiger partial charge in [0.15, 0.2) is 0 Å². The third-order valence-corrected chi connectivity index (χ3v) is 6.28. The maximum absolute atomic E-state index is 13.4. The number of hydrogen-bond donors (Lipinski definition) is 1. The fraction of sp³-hybridized carbons (Fsp3) is 0.100. The van der Waals surface area contributed by atoms with Crippen molar-refractivity contribution in [3.8, 4) is 11.5 Å². The minimum absolute atomic E-state index is 0.226. The molecule has 0 atom stereocenters. The van der Waals surface area contributed by atoms with Gasteiger partial charge in [-0.2, -0.15) is 0 Å². The van der Waals surface area contributed by atoms with E-state index in [0.29, 0.717) is 34.4 Å². The van der Waals surface area contributed by atoms with E-state index in [1.165, 1.54) is 6.08 Å². The van der Waals surface area contributed by atoms with Crippen LogP contribution in [0.3, 0.4) is 0 Å². The summed E-state index contributed by atoms with van der Waals surface area (Å²) in [6.45, 7) is 2.60. The predicted molar refractivity (Wildman–Crippen MR) is 146 cm³/mol. The third-order valence-electron chi connectivity index (χ3n) is 6.04. The van der Waals surface area contributed by atoms with Crippen molar-refractivity contribution >= 4 is 52.0 Å². The van der Waals surface area contributed by atoms with Crippen molar-refractivity contribution in [1.82, 2.24) is 5.32 Å². The third kappa shape index (κ3) is 5.10. The van der Waals surface area contributed by atoms with E-state index in [1.54, 1.807) is 42.5 Å². The van der Waals surface area contributed by atoms with Crippen LogP contribution in [0.4, 0.5) is 10.5 Å². The zero-order valence-electron chi connectivity index (χ0n) is 20.4. The Labute approximate surface area is 224 Å². The van der Waals surface area contributed by atoms with Crippen LogP contribution in [0.25, 0.3) is 16.8 Å². The number of nitrogens with one attached hydrogen (secondary N) is 1. The van der Waals surface area contributed by atoms with E-state index in [1.807, 2.05) is 49.4 Å². The molecule has 1 aliphatic heterocycles. The number of rotatable bonds is 7. The first-order valence-corrected chi connectivity index (χ1v) is 12.4. The Balaban J connectivity index is 1.45. The van der Waals surface area contributed by atoms with Gasteiger partial charge in [0.1, 0.15) is 23.7 Å². The van der Waals surface area contributed by atoms with Gasteiger partial charge in [0.25, 0.3) is 11.8 Å². The number of benzene rings is 4. The van der Waals surface area contributed by atoms with E-state index < -0.39 is 17.8 Å². The fourth-order valence-electron chi connectivity index (χ4n) is 4.24. The van der Waals surface area contributed by atoms with Gasteiger partial charge < -0.3 is 9.47 Å². The number of anilines is 1. The molecule has 0 aliphatic carbocycles. The highest BCUT2D eigenvalue weighted by Crippen LogP contribution is 2.30. The van der Waals surface area contributed by atoms with Crippen LogP contribution in [-0.4, -0.2) is 24.5 Å². The van der Waals surface area contributed by atoms with Gasteiger partial charge in [-0.05, 0) is 71.8 Å². The van der Waals surface area contributed by atoms with Gasteiger partial charge in [-0.25, -0.2) is 9.69 Å². The highest BCUT2D eigenvalue weighted by Gasteiger charge is 2.37. The first kappa shape index (κ1) is 25.0. The number of carbonyl (C=O) groups is 3. The zero-order chi connectivity index (χ0) is 26.6. The lowest BCUT2D eigenvalue weighted by Crippen LogP contribution is -2.54. The Morgan fingerprint density at radius 1 is 0.895 bits per heavy atom. The lowest BCUT2D eigenvalue weighted by molar-refractivity contribution is -0.122. The molecule has 38 heavy (non-hydrogen) atoms. The van der Waals surface area contributed by atoms with Crippen molar-refractivity contribution in [2.45, 2.75) is 13.5 Å². The van der Waals surface area contributed by atoms with Crippen molar-refractivity contribution in [3.63, 3.8) is 0 Å². The lowest BCUT2D eigenvalue weighted by atomic mass is 10.0. The number of imide groups is 2. The highest BCUT2D eigenvalue weighted by molar-refractivity contribution is 6.39. The summed E-state index contributed by atoms with van der Waals surface area (Å²) in [6.07, 6.45) is 1.38. The van der Waals surface area contributed by atoms with Crippen LogP contribution in [0.2, 0.25) is 5.02 Å². The van der Waals surface area contributed by atoms with Crippen molar-refractivity contribution in [2.24, 2.45) is 0 Å². The number of nitrogens with zero attached hydrogens (tertiary/aromatic N) is 1. The Kier molecular flexibility index (Phi) is 7.11. The van der Waals surface area contributed by atoms with Crippen molar-refractivity contribution in [3.05, 3.63) is 107 Å². The van der Waals surface area contributed by atoms with Crippen LogP contribution in [0.1, 0.15) is 18.1 Å². The quantitative estimate of drug-likeness (QED) is 0.231. The molecule has 0 spiro atoms. The van der Waals surface area contributed by atoms with Gasteiger partial charge in [0, 0.05) is 10.6 Å². The first-order valence-electron chi connectivity index (χ1n) is 12.0. The summed E-state index contributed by atoms with van der Waals surface area (Å²) < 4.78 is 11.6. The van der Waals surface area contributed by atoms with Crippen LogP contribution < -0.4 is 19.7 Å². The molecule has 4 amide bonds. The number of urea groups is 1. The van der Waals surface area contributed by atoms with Crippen LogP contribution in [0.15, 0.2) is 90.5 Å². The Morgan fingerprint density at radius 2 is 1.66 bits per heavy atom. The SMILES string of the molecule is CCOc1ccc(N2C(=O)NC(=O)/C(=C\c3cc(Cl)ccc3OCc3cccc4ccccc34)C2=O)cc1. The molecule has 190 valence electrons. The fourth-order valence-corrected chi connectivity index (χ4v) is 4.42. The Bertz CT molecular complexity index is 1570. The largest absolute Gasteiger partial charge is 0.494 e. The number of barbiturate groups is 1. The molecular formula is C30H23ClN2O5. The molecule has 5 rings (SSSR count). The summed E-state index contributed by atoms with van der Waals surface area (Å²) in [5.41, 5.74) is 1.48. The Morgan fingerprint density at radius 3 is 2.45 bits per heavy atom. The molecule has 4 aromatic rings. The predicted octanol–water partition coefficient (Wildman–Crippen LogP) is 6.14. The molecule has 1 aliphatic rings. The molecule has 7 nitrogen and oxygen atoms in total. The minimum Gasteiger partial charge on any atom is -0.494 e. The van der Waals surface area contributed by atoms with E-state index in [2.05, 4.69) is 5.32 Å². The monoisotopic (exact) mass is 526 g/mol. The summed E-state index contributed by atoms with van der Waals surface area (Å²) in [6, 6.07) is 24.5. The first-order chi connectivity index (χ1) is 18.4. The number of halogens is 1. The molecule has 1 fully saturated rings. The maximum atomic E-state index is 13.4. The summed E-state index contributed by atoms with van der Waals surface area (Å²) >= 11 is 6.24. The summed E-state index contributed by atoms with van der Waals surface area (Å²) in [5, 5.41) is 4.79. The minimum atomic E-state index is -0.833. The van der Waals surface area contributed by atoms with Gasteiger partial charge in [-0.15, -0.1) is 0 Å². The highest BCUT2D eigenvalue weighted by atomic mass is 35.5. The molecule has 1 heterocycles. The number of ether oxygens (including phenoxy) is 2. The molecule has 1 N–H and O–H groups in total. The molecule has 4 aromatic carbocycles. The topological polar surface area (TPSA) is 84.9 Å². The second kappa shape index (κ2) is 10.8. The van der Waals surface area contributed by atoms with Gasteiger partial charge in [0.2, 0.25) is 0 Å². The van der Waals surface area contributed by atoms with Crippen LogP contribution >= 0.6 is 11.6 Å². The molecule has 8 heteroatoms.